The van der Waals surface area contributed by atoms with Crippen LogP contribution in [0.3, 0.4) is 0 Å². The first-order valence-corrected chi connectivity index (χ1v) is 8.74. The normalized spacial score (nSPS) is 10.8. The van der Waals surface area contributed by atoms with Crippen molar-refractivity contribution in [3.8, 4) is 5.75 Å². The summed E-state index contributed by atoms with van der Waals surface area (Å²) in [5.41, 5.74) is 2.79. The van der Waals surface area contributed by atoms with Gasteiger partial charge in [-0.3, -0.25) is 4.98 Å². The van der Waals surface area contributed by atoms with Crippen LogP contribution in [0.1, 0.15) is 0 Å². The van der Waals surface area contributed by atoms with Crippen LogP contribution in [0.25, 0.3) is 10.9 Å². The van der Waals surface area contributed by atoms with Crippen molar-refractivity contribution in [1.82, 2.24) is 4.98 Å². The summed E-state index contributed by atoms with van der Waals surface area (Å²) < 4.78 is 27.4. The van der Waals surface area contributed by atoms with E-state index in [1.807, 2.05) is 18.2 Å². The predicted molar refractivity (Wildman–Crippen MR) is 108 cm³/mol. The first-order valence-electron chi connectivity index (χ1n) is 8.36. The van der Waals surface area contributed by atoms with E-state index < -0.39 is 11.6 Å². The van der Waals surface area contributed by atoms with E-state index in [9.17, 15) is 13.9 Å². The first-order chi connectivity index (χ1) is 13.5. The number of pyridine rings is 1. The maximum Gasteiger partial charge on any atom is 0.182 e. The lowest BCUT2D eigenvalue weighted by molar-refractivity contribution is 0.475. The molecule has 0 saturated carbocycles. The standard InChI is InChI=1S/C21H14ClF2N3O/c22-15-10-12(5-7-20(15)28)26-13-4-6-14-17(8-9-25-19(14)11-13)27-18-3-1-2-16(23)21(18)24/h1-11,26,28H,(H,25,27). The molecule has 4 aromatic rings. The summed E-state index contributed by atoms with van der Waals surface area (Å²) in [7, 11) is 0. The second-order valence-electron chi connectivity index (χ2n) is 6.11. The van der Waals surface area contributed by atoms with E-state index in [2.05, 4.69) is 15.6 Å². The Bertz CT molecular complexity index is 1180. The molecule has 4 rings (SSSR count). The number of nitrogens with zero attached hydrogens (tertiary/aromatic N) is 1. The van der Waals surface area contributed by atoms with Gasteiger partial charge in [-0.05, 0) is 54.6 Å². The van der Waals surface area contributed by atoms with Crippen LogP contribution in [-0.4, -0.2) is 10.1 Å². The van der Waals surface area contributed by atoms with Crippen molar-refractivity contribution in [2.45, 2.75) is 0 Å². The number of nitrogens with one attached hydrogen (secondary N) is 2. The van der Waals surface area contributed by atoms with Crippen molar-refractivity contribution < 1.29 is 13.9 Å². The number of aromatic hydroxyl groups is 1. The molecule has 7 heteroatoms. The fourth-order valence-electron chi connectivity index (χ4n) is 2.83. The first kappa shape index (κ1) is 18.0. The number of hydrogen-bond acceptors (Lipinski definition) is 4. The van der Waals surface area contributed by atoms with Gasteiger partial charge < -0.3 is 15.7 Å². The summed E-state index contributed by atoms with van der Waals surface area (Å²) in [5, 5.41) is 16.6. The fourth-order valence-corrected chi connectivity index (χ4v) is 3.01. The zero-order valence-electron chi connectivity index (χ0n) is 14.4. The van der Waals surface area contributed by atoms with Crippen LogP contribution in [0.4, 0.5) is 31.5 Å². The molecule has 0 aliphatic rings. The van der Waals surface area contributed by atoms with Gasteiger partial charge in [-0.1, -0.05) is 17.7 Å². The Morgan fingerprint density at radius 1 is 0.857 bits per heavy atom. The molecular weight excluding hydrogens is 384 g/mol. The van der Waals surface area contributed by atoms with Crippen LogP contribution < -0.4 is 10.6 Å². The molecule has 0 aliphatic heterocycles. The van der Waals surface area contributed by atoms with Crippen LogP contribution in [0, 0.1) is 11.6 Å². The Morgan fingerprint density at radius 2 is 1.64 bits per heavy atom. The van der Waals surface area contributed by atoms with Crippen molar-refractivity contribution in [2.75, 3.05) is 10.6 Å². The Balaban J connectivity index is 1.66. The number of phenols is 1. The van der Waals surface area contributed by atoms with Crippen LogP contribution >= 0.6 is 11.6 Å². The molecule has 140 valence electrons. The molecule has 4 nitrogen and oxygen atoms in total. The monoisotopic (exact) mass is 397 g/mol. The topological polar surface area (TPSA) is 57.2 Å². The predicted octanol–water partition coefficient (Wildman–Crippen LogP) is 6.36. The van der Waals surface area contributed by atoms with Gasteiger partial charge in [0.25, 0.3) is 0 Å². The smallest absolute Gasteiger partial charge is 0.182 e. The van der Waals surface area contributed by atoms with Crippen molar-refractivity contribution in [1.29, 1.82) is 0 Å². The van der Waals surface area contributed by atoms with Gasteiger partial charge in [-0.2, -0.15) is 0 Å². The maximum atomic E-state index is 14.0. The second kappa shape index (κ2) is 7.32. The van der Waals surface area contributed by atoms with Gasteiger partial charge >= 0.3 is 0 Å². The molecule has 1 heterocycles. The zero-order chi connectivity index (χ0) is 19.7. The SMILES string of the molecule is Oc1ccc(Nc2ccc3c(Nc4cccc(F)c4F)ccnc3c2)cc1Cl. The fraction of sp³-hybridized carbons (Fsp3) is 0. The quantitative estimate of drug-likeness (QED) is 0.351. The third-order valence-electron chi connectivity index (χ3n) is 4.20. The van der Waals surface area contributed by atoms with Crippen molar-refractivity contribution >= 4 is 45.3 Å². The number of aromatic nitrogens is 1. The van der Waals surface area contributed by atoms with Gasteiger partial charge in [0.1, 0.15) is 5.75 Å². The molecule has 1 aromatic heterocycles. The number of phenolic OH excluding ortho intramolecular Hbond substituents is 1. The molecule has 3 N–H and O–H groups in total. The van der Waals surface area contributed by atoms with E-state index in [1.165, 1.54) is 18.2 Å². The molecule has 28 heavy (non-hydrogen) atoms. The highest BCUT2D eigenvalue weighted by Gasteiger charge is 2.10. The van der Waals surface area contributed by atoms with Crippen molar-refractivity contribution in [3.63, 3.8) is 0 Å². The van der Waals surface area contributed by atoms with Gasteiger partial charge in [0.2, 0.25) is 0 Å². The molecule has 3 aromatic carbocycles. The molecule has 0 amide bonds. The van der Waals surface area contributed by atoms with Crippen LogP contribution in [0.2, 0.25) is 5.02 Å². The number of hydrogen-bond donors (Lipinski definition) is 3. The lowest BCUT2D eigenvalue weighted by Gasteiger charge is -2.12. The summed E-state index contributed by atoms with van der Waals surface area (Å²) in [6, 6.07) is 16.0. The summed E-state index contributed by atoms with van der Waals surface area (Å²) in [5.74, 6) is -1.84. The number of benzene rings is 3. The Labute approximate surface area is 164 Å². The summed E-state index contributed by atoms with van der Waals surface area (Å²) in [6.45, 7) is 0. The minimum absolute atomic E-state index is 0.00712. The molecule has 0 saturated heterocycles. The van der Waals surface area contributed by atoms with Crippen LogP contribution in [-0.2, 0) is 0 Å². The minimum atomic E-state index is -0.935. The number of halogens is 3. The lowest BCUT2D eigenvalue weighted by Crippen LogP contribution is -1.98. The average molecular weight is 398 g/mol. The van der Waals surface area contributed by atoms with E-state index >= 15 is 0 Å². The van der Waals surface area contributed by atoms with Gasteiger partial charge in [0, 0.05) is 28.6 Å². The average Bonchev–Trinajstić information content (AvgIpc) is 2.68. The molecule has 0 fully saturated rings. The third-order valence-corrected chi connectivity index (χ3v) is 4.50. The molecule has 0 bridgehead atoms. The molecular formula is C21H14ClF2N3O. The largest absolute Gasteiger partial charge is 0.506 e. The van der Waals surface area contributed by atoms with E-state index in [4.69, 9.17) is 11.6 Å². The number of anilines is 4. The Kier molecular flexibility index (Phi) is 4.71. The number of rotatable bonds is 4. The van der Waals surface area contributed by atoms with Gasteiger partial charge in [0.15, 0.2) is 11.6 Å². The maximum absolute atomic E-state index is 14.0. The van der Waals surface area contributed by atoms with Gasteiger partial charge in [-0.15, -0.1) is 0 Å². The Morgan fingerprint density at radius 3 is 2.46 bits per heavy atom. The molecule has 0 unspecified atom stereocenters. The van der Waals surface area contributed by atoms with E-state index in [1.54, 1.807) is 24.4 Å². The molecule has 0 aliphatic carbocycles. The Hall–Kier alpha value is -3.38. The van der Waals surface area contributed by atoms with Gasteiger partial charge in [0.05, 0.1) is 16.2 Å². The van der Waals surface area contributed by atoms with Crippen LogP contribution in [0.15, 0.2) is 66.9 Å². The minimum Gasteiger partial charge on any atom is -0.506 e. The molecule has 0 spiro atoms. The summed E-state index contributed by atoms with van der Waals surface area (Å²) >= 11 is 5.93. The highest BCUT2D eigenvalue weighted by Crippen LogP contribution is 2.31. The number of fused-ring (bicyclic) bond motifs is 1. The summed E-state index contributed by atoms with van der Waals surface area (Å²) in [6.07, 6.45) is 1.59. The van der Waals surface area contributed by atoms with Crippen LogP contribution in [0.5, 0.6) is 5.75 Å². The highest BCUT2D eigenvalue weighted by molar-refractivity contribution is 6.32. The molecule has 0 atom stereocenters. The summed E-state index contributed by atoms with van der Waals surface area (Å²) in [4.78, 5) is 4.34. The van der Waals surface area contributed by atoms with E-state index in [-0.39, 0.29) is 16.5 Å². The van der Waals surface area contributed by atoms with E-state index in [0.717, 1.165) is 17.1 Å². The highest BCUT2D eigenvalue weighted by atomic mass is 35.5. The van der Waals surface area contributed by atoms with Crippen molar-refractivity contribution in [3.05, 3.63) is 83.5 Å². The second-order valence-corrected chi connectivity index (χ2v) is 6.52. The van der Waals surface area contributed by atoms with E-state index in [0.29, 0.717) is 16.9 Å². The molecule has 0 radical (unpaired) electrons. The third kappa shape index (κ3) is 3.54. The van der Waals surface area contributed by atoms with Crippen molar-refractivity contribution in [2.24, 2.45) is 0 Å². The zero-order valence-corrected chi connectivity index (χ0v) is 15.1. The van der Waals surface area contributed by atoms with Gasteiger partial charge in [-0.25, -0.2) is 8.78 Å². The lowest BCUT2D eigenvalue weighted by atomic mass is 10.1.